The van der Waals surface area contributed by atoms with Gasteiger partial charge in [0.15, 0.2) is 0 Å². The Hall–Kier alpha value is -2.42. The maximum Gasteiger partial charge on any atom is 0.248 e. The molecule has 3 heteroatoms. The number of hydrogen-bond donors (Lipinski definition) is 1. The fraction of sp³-hybridized carbons (Fsp3) is 0.176. The fourth-order valence-corrected chi connectivity index (χ4v) is 1.78. The van der Waals surface area contributed by atoms with E-state index in [4.69, 9.17) is 0 Å². The lowest BCUT2D eigenvalue weighted by molar-refractivity contribution is -0.111. The van der Waals surface area contributed by atoms with Crippen molar-refractivity contribution in [3.63, 3.8) is 0 Å². The van der Waals surface area contributed by atoms with E-state index in [-0.39, 0.29) is 5.91 Å². The molecule has 0 atom stereocenters. The molecule has 0 aliphatic heterocycles. The van der Waals surface area contributed by atoms with Crippen LogP contribution in [0.3, 0.4) is 0 Å². The van der Waals surface area contributed by atoms with Gasteiger partial charge in [0, 0.05) is 12.3 Å². The molecule has 0 aliphatic carbocycles. The Kier molecular flexibility index (Phi) is 4.66. The number of amides is 1. The smallest absolute Gasteiger partial charge is 0.248 e. The molecule has 2 aromatic rings. The van der Waals surface area contributed by atoms with Gasteiger partial charge in [0.1, 0.15) is 0 Å². The van der Waals surface area contributed by atoms with Gasteiger partial charge in [-0.15, -0.1) is 0 Å². The van der Waals surface area contributed by atoms with Crippen molar-refractivity contribution in [2.45, 2.75) is 19.8 Å². The first-order valence-electron chi connectivity index (χ1n) is 6.64. The number of anilines is 1. The summed E-state index contributed by atoms with van der Waals surface area (Å²) in [6, 6.07) is 11.8. The summed E-state index contributed by atoms with van der Waals surface area (Å²) in [5.74, 6) is 0.354. The van der Waals surface area contributed by atoms with Crippen molar-refractivity contribution in [3.05, 3.63) is 66.0 Å². The minimum absolute atomic E-state index is 0.161. The van der Waals surface area contributed by atoms with Crippen molar-refractivity contribution in [2.75, 3.05) is 5.32 Å². The maximum atomic E-state index is 11.7. The van der Waals surface area contributed by atoms with E-state index in [0.29, 0.717) is 11.6 Å². The van der Waals surface area contributed by atoms with Crippen LogP contribution in [0.2, 0.25) is 0 Å². The van der Waals surface area contributed by atoms with Crippen molar-refractivity contribution < 1.29 is 4.79 Å². The van der Waals surface area contributed by atoms with Crippen molar-refractivity contribution in [1.29, 1.82) is 0 Å². The van der Waals surface area contributed by atoms with Crippen LogP contribution in [0.4, 0.5) is 5.69 Å². The van der Waals surface area contributed by atoms with Gasteiger partial charge in [-0.3, -0.25) is 9.78 Å². The Bertz CT molecular complexity index is 586. The van der Waals surface area contributed by atoms with E-state index >= 15 is 0 Å². The summed E-state index contributed by atoms with van der Waals surface area (Å²) < 4.78 is 0. The molecule has 0 spiro atoms. The van der Waals surface area contributed by atoms with Crippen LogP contribution < -0.4 is 5.32 Å². The zero-order valence-electron chi connectivity index (χ0n) is 11.7. The number of nitrogens with one attached hydrogen (secondary N) is 1. The summed E-state index contributed by atoms with van der Waals surface area (Å²) in [4.78, 5) is 15.7. The van der Waals surface area contributed by atoms with Crippen molar-refractivity contribution in [2.24, 2.45) is 0 Å². The highest BCUT2D eigenvalue weighted by Gasteiger charge is 1.99. The lowest BCUT2D eigenvalue weighted by Gasteiger charge is -2.04. The van der Waals surface area contributed by atoms with Crippen LogP contribution >= 0.6 is 0 Å². The van der Waals surface area contributed by atoms with Crippen LogP contribution in [0.1, 0.15) is 30.9 Å². The van der Waals surface area contributed by atoms with Gasteiger partial charge in [-0.05, 0) is 35.3 Å². The summed E-state index contributed by atoms with van der Waals surface area (Å²) in [6.07, 6.45) is 6.61. The van der Waals surface area contributed by atoms with Gasteiger partial charge in [0.25, 0.3) is 0 Å². The molecule has 102 valence electrons. The Morgan fingerprint density at radius 3 is 2.55 bits per heavy atom. The van der Waals surface area contributed by atoms with Crippen LogP contribution in [0, 0.1) is 0 Å². The minimum atomic E-state index is -0.161. The van der Waals surface area contributed by atoms with Gasteiger partial charge in [0.2, 0.25) is 5.91 Å². The third kappa shape index (κ3) is 4.05. The summed E-state index contributed by atoms with van der Waals surface area (Å²) in [7, 11) is 0. The van der Waals surface area contributed by atoms with Gasteiger partial charge in [-0.25, -0.2) is 0 Å². The molecule has 0 fully saturated rings. The molecule has 1 heterocycles. The Morgan fingerprint density at radius 2 is 1.95 bits per heavy atom. The molecule has 1 amide bonds. The Morgan fingerprint density at radius 1 is 1.20 bits per heavy atom. The van der Waals surface area contributed by atoms with Crippen molar-refractivity contribution in [3.8, 4) is 0 Å². The molecule has 0 unspecified atom stereocenters. The standard InChI is InChI=1S/C17H18N2O/c1-13(2)15-8-5-14(6-9-15)7-10-17(20)19-16-4-3-11-18-12-16/h3-13H,1-2H3,(H,19,20). The monoisotopic (exact) mass is 266 g/mol. The minimum Gasteiger partial charge on any atom is -0.321 e. The molecule has 0 radical (unpaired) electrons. The topological polar surface area (TPSA) is 42.0 Å². The number of nitrogens with zero attached hydrogens (tertiary/aromatic N) is 1. The molecule has 1 aromatic carbocycles. The first-order chi connectivity index (χ1) is 9.65. The van der Waals surface area contributed by atoms with Crippen LogP contribution in [-0.2, 0) is 4.79 Å². The zero-order chi connectivity index (χ0) is 14.4. The number of hydrogen-bond acceptors (Lipinski definition) is 2. The number of rotatable bonds is 4. The SMILES string of the molecule is CC(C)c1ccc(C=CC(=O)Nc2cccnc2)cc1. The molecule has 2 rings (SSSR count). The molecule has 3 nitrogen and oxygen atoms in total. The fourth-order valence-electron chi connectivity index (χ4n) is 1.78. The maximum absolute atomic E-state index is 11.7. The highest BCUT2D eigenvalue weighted by molar-refractivity contribution is 6.01. The van der Waals surface area contributed by atoms with Crippen molar-refractivity contribution >= 4 is 17.7 Å². The average Bonchev–Trinajstić information content (AvgIpc) is 2.46. The Balaban J connectivity index is 1.97. The van der Waals surface area contributed by atoms with Gasteiger partial charge in [-0.1, -0.05) is 38.1 Å². The lowest BCUT2D eigenvalue weighted by atomic mass is 10.0. The molecule has 0 saturated heterocycles. The van der Waals surface area contributed by atoms with Crippen LogP contribution in [0.15, 0.2) is 54.9 Å². The van der Waals surface area contributed by atoms with Crippen LogP contribution in [0.25, 0.3) is 6.08 Å². The van der Waals surface area contributed by atoms with E-state index in [1.807, 2.05) is 12.1 Å². The Labute approximate surface area is 119 Å². The number of pyridine rings is 1. The van der Waals surface area contributed by atoms with E-state index in [2.05, 4.69) is 36.3 Å². The quantitative estimate of drug-likeness (QED) is 0.854. The lowest BCUT2D eigenvalue weighted by Crippen LogP contribution is -2.07. The average molecular weight is 266 g/mol. The highest BCUT2D eigenvalue weighted by Crippen LogP contribution is 2.15. The van der Waals surface area contributed by atoms with Gasteiger partial charge in [0.05, 0.1) is 11.9 Å². The van der Waals surface area contributed by atoms with E-state index in [1.54, 1.807) is 30.6 Å². The van der Waals surface area contributed by atoms with E-state index < -0.39 is 0 Å². The molecule has 0 aliphatic rings. The molecular weight excluding hydrogens is 248 g/mol. The second-order valence-corrected chi connectivity index (χ2v) is 4.89. The van der Waals surface area contributed by atoms with Crippen LogP contribution in [0.5, 0.6) is 0 Å². The van der Waals surface area contributed by atoms with E-state index in [1.165, 1.54) is 11.6 Å². The van der Waals surface area contributed by atoms with Crippen molar-refractivity contribution in [1.82, 2.24) is 4.98 Å². The number of carbonyl (C=O) groups excluding carboxylic acids is 1. The first kappa shape index (κ1) is 14.0. The summed E-state index contributed by atoms with van der Waals surface area (Å²) in [5, 5.41) is 2.75. The third-order valence-corrected chi connectivity index (χ3v) is 2.96. The predicted molar refractivity (Wildman–Crippen MR) is 82.4 cm³/mol. The molecule has 0 saturated carbocycles. The number of aromatic nitrogens is 1. The zero-order valence-corrected chi connectivity index (χ0v) is 11.7. The number of carbonyl (C=O) groups is 1. The summed E-state index contributed by atoms with van der Waals surface area (Å²) in [6.45, 7) is 4.32. The van der Waals surface area contributed by atoms with Gasteiger partial charge >= 0.3 is 0 Å². The number of benzene rings is 1. The first-order valence-corrected chi connectivity index (χ1v) is 6.64. The molecular formula is C17H18N2O. The molecule has 1 N–H and O–H groups in total. The third-order valence-electron chi connectivity index (χ3n) is 2.96. The summed E-state index contributed by atoms with van der Waals surface area (Å²) in [5.41, 5.74) is 3.00. The largest absolute Gasteiger partial charge is 0.321 e. The molecule has 0 bridgehead atoms. The van der Waals surface area contributed by atoms with Crippen LogP contribution in [-0.4, -0.2) is 10.9 Å². The normalized spacial score (nSPS) is 10.9. The summed E-state index contributed by atoms with van der Waals surface area (Å²) >= 11 is 0. The van der Waals surface area contributed by atoms with E-state index in [9.17, 15) is 4.79 Å². The highest BCUT2D eigenvalue weighted by atomic mass is 16.1. The second kappa shape index (κ2) is 6.66. The van der Waals surface area contributed by atoms with Gasteiger partial charge < -0.3 is 5.32 Å². The van der Waals surface area contributed by atoms with E-state index in [0.717, 1.165) is 5.56 Å². The molecule has 20 heavy (non-hydrogen) atoms. The van der Waals surface area contributed by atoms with Gasteiger partial charge in [-0.2, -0.15) is 0 Å². The molecule has 1 aromatic heterocycles. The second-order valence-electron chi connectivity index (χ2n) is 4.89. The predicted octanol–water partition coefficient (Wildman–Crippen LogP) is 3.86.